The highest BCUT2D eigenvalue weighted by Crippen LogP contribution is 2.44. The Kier molecular flexibility index (Phi) is 14.0. The number of allylic oxidation sites excluding steroid dienone is 2. The maximum atomic E-state index is 14.8. The molecule has 0 spiro atoms. The lowest BCUT2D eigenvalue weighted by molar-refractivity contribution is -0.393. The van der Waals surface area contributed by atoms with Crippen molar-refractivity contribution in [2.75, 3.05) is 11.5 Å². The molecule has 2 unspecified atom stereocenters. The zero-order chi connectivity index (χ0) is 75.6. The molecule has 8 heterocycles. The molecule has 2 atom stereocenters. The van der Waals surface area contributed by atoms with Gasteiger partial charge >= 0.3 is 22.8 Å². The van der Waals surface area contributed by atoms with Gasteiger partial charge in [0.1, 0.15) is 56.7 Å². The molecule has 2 aliphatic rings. The molecule has 24 nitrogen and oxygen atoms in total. The molecule has 1 aliphatic carbocycles. The fourth-order valence-corrected chi connectivity index (χ4v) is 16.5. The van der Waals surface area contributed by atoms with E-state index in [4.69, 9.17) is 29.5 Å². The molecule has 4 N–H and O–H groups in total. The molecule has 0 amide bonds. The largest absolute Gasteiger partial charge is 0.485 e. The first-order valence-corrected chi connectivity index (χ1v) is 35.7. The van der Waals surface area contributed by atoms with Crippen LogP contribution in [-0.4, -0.2) is 52.5 Å². The van der Waals surface area contributed by atoms with Crippen LogP contribution in [0.2, 0.25) is 0 Å². The number of nitro groups is 2. The molecule has 20 aromatic rings. The number of hydrogen-bond donors (Lipinski definition) is 2. The Hall–Kier alpha value is -16.0. The maximum Gasteiger partial charge on any atom is 0.338 e. The lowest BCUT2D eigenvalue weighted by Gasteiger charge is -2.14. The van der Waals surface area contributed by atoms with Crippen LogP contribution in [-0.2, 0) is 0 Å². The molecule has 7 aromatic heterocycles. The second-order valence-electron chi connectivity index (χ2n) is 27.5. The van der Waals surface area contributed by atoms with E-state index in [0.717, 1.165) is 70.8 Å². The number of benzene rings is 13. The Labute approximate surface area is 627 Å². The molecule has 0 bridgehead atoms. The third kappa shape index (κ3) is 9.54. The van der Waals surface area contributed by atoms with Crippen molar-refractivity contribution >= 4 is 133 Å². The lowest BCUT2D eigenvalue weighted by atomic mass is 9.92. The minimum Gasteiger partial charge on any atom is -0.485 e. The highest BCUT2D eigenvalue weighted by molar-refractivity contribution is 6.08. The number of para-hydroxylation sites is 11. The Balaban J connectivity index is 0.000000142. The molecule has 0 fully saturated rings. The molecule has 1 aliphatic heterocycles. The van der Waals surface area contributed by atoms with E-state index >= 15 is 0 Å². The second-order valence-corrected chi connectivity index (χ2v) is 27.5. The molecule has 538 valence electrons. The van der Waals surface area contributed by atoms with E-state index in [1.54, 1.807) is 103 Å². The van der Waals surface area contributed by atoms with Crippen LogP contribution in [0.1, 0.15) is 11.5 Å². The summed E-state index contributed by atoms with van der Waals surface area (Å²) in [6.07, 6.45) is 7.68. The van der Waals surface area contributed by atoms with Crippen molar-refractivity contribution in [1.29, 1.82) is 0 Å². The topological polar surface area (TPSA) is 295 Å². The van der Waals surface area contributed by atoms with Gasteiger partial charge in [-0.25, -0.2) is 19.2 Å². The SMILES string of the molecule is Nc1cc(N)c(-n2c(=O)n(-c3ccc4oc5ccccc5c4c3)c3ccccc32)cc1-n1c(=O)n(-c2ccc3oc4ccccc4c3c2)c2ccccc21.O=c1n(-c2ccc3c(c2)C2C=CC=CC2O3)c2ccccc2n1-c1cc(-n2c(=O)n(-c3ccc4oc5ccccc5c4c3)c3ccccc32)c([N+](=O)[O-])cc1[N+](=O)[O-]. The summed E-state index contributed by atoms with van der Waals surface area (Å²) in [5.41, 5.74) is 22.4. The van der Waals surface area contributed by atoms with E-state index in [-0.39, 0.29) is 46.2 Å². The number of imidazole rings is 4. The minimum atomic E-state index is -0.769. The fraction of sp³-hybridized carbons (Fsp3) is 0.0227. The van der Waals surface area contributed by atoms with Crippen LogP contribution >= 0.6 is 0 Å². The Bertz CT molecular complexity index is 7650. The minimum absolute atomic E-state index is 0.0660. The number of ether oxygens (including phenoxy) is 1. The van der Waals surface area contributed by atoms with E-state index in [9.17, 15) is 39.4 Å². The summed E-state index contributed by atoms with van der Waals surface area (Å²) >= 11 is 0. The number of nitrogens with zero attached hydrogens (tertiary/aromatic N) is 10. The first-order chi connectivity index (χ1) is 54.7. The fourth-order valence-electron chi connectivity index (χ4n) is 16.5. The van der Waals surface area contributed by atoms with E-state index in [0.29, 0.717) is 95.2 Å². The molecule has 13 aromatic carbocycles. The van der Waals surface area contributed by atoms with Crippen LogP contribution in [0.15, 0.2) is 324 Å². The van der Waals surface area contributed by atoms with Gasteiger partial charge in [-0.1, -0.05) is 121 Å². The van der Waals surface area contributed by atoms with Gasteiger partial charge in [0.2, 0.25) is 0 Å². The summed E-state index contributed by atoms with van der Waals surface area (Å²) in [6.45, 7) is 0. The summed E-state index contributed by atoms with van der Waals surface area (Å²) in [6, 6.07) is 79.3. The number of fused-ring (bicyclic) bond motifs is 16. The predicted octanol–water partition coefficient (Wildman–Crippen LogP) is 17.4. The van der Waals surface area contributed by atoms with Crippen LogP contribution in [0.5, 0.6) is 5.75 Å². The van der Waals surface area contributed by atoms with Gasteiger partial charge < -0.3 is 29.5 Å². The second kappa shape index (κ2) is 24.3. The molecule has 22 rings (SSSR count). The summed E-state index contributed by atoms with van der Waals surface area (Å²) in [7, 11) is 0. The van der Waals surface area contributed by atoms with Crippen molar-refractivity contribution in [2.24, 2.45) is 0 Å². The van der Waals surface area contributed by atoms with Gasteiger partial charge in [0, 0.05) is 49.9 Å². The molecule has 0 saturated heterocycles. The number of nitrogen functional groups attached to an aromatic ring is 2. The highest BCUT2D eigenvalue weighted by atomic mass is 16.6. The van der Waals surface area contributed by atoms with Gasteiger partial charge in [0.05, 0.1) is 106 Å². The molecular weight excluding hydrogens is 1420 g/mol. The van der Waals surface area contributed by atoms with Crippen molar-refractivity contribution in [3.8, 4) is 51.2 Å². The maximum absolute atomic E-state index is 14.8. The quantitative estimate of drug-likeness (QED) is 0.0731. The van der Waals surface area contributed by atoms with Crippen molar-refractivity contribution in [1.82, 2.24) is 36.5 Å². The predicted molar refractivity (Wildman–Crippen MR) is 432 cm³/mol. The van der Waals surface area contributed by atoms with Crippen LogP contribution in [0.3, 0.4) is 0 Å². The van der Waals surface area contributed by atoms with Crippen LogP contribution in [0.25, 0.3) is 155 Å². The van der Waals surface area contributed by atoms with E-state index < -0.39 is 32.6 Å². The molecular formula is C88H54N12O12. The number of hydrogen-bond acceptors (Lipinski definition) is 14. The third-order valence-corrected chi connectivity index (χ3v) is 21.4. The first kappa shape index (κ1) is 64.4. The van der Waals surface area contributed by atoms with E-state index in [1.807, 2.05) is 194 Å². The monoisotopic (exact) mass is 1470 g/mol. The molecule has 112 heavy (non-hydrogen) atoms. The van der Waals surface area contributed by atoms with E-state index in [1.165, 1.54) is 19.8 Å². The zero-order valence-electron chi connectivity index (χ0n) is 58.4. The van der Waals surface area contributed by atoms with Crippen molar-refractivity contribution < 1.29 is 27.8 Å². The number of aromatic nitrogens is 8. The molecule has 24 heteroatoms. The van der Waals surface area contributed by atoms with Gasteiger partial charge in [0.15, 0.2) is 0 Å². The number of rotatable bonds is 10. The van der Waals surface area contributed by atoms with Crippen molar-refractivity contribution in [2.45, 2.75) is 12.0 Å². The summed E-state index contributed by atoms with van der Waals surface area (Å²) in [5, 5.41) is 30.9. The van der Waals surface area contributed by atoms with E-state index in [2.05, 4.69) is 0 Å². The van der Waals surface area contributed by atoms with Crippen LogP contribution < -0.4 is 39.0 Å². The van der Waals surface area contributed by atoms with Crippen LogP contribution in [0, 0.1) is 20.2 Å². The first-order valence-electron chi connectivity index (χ1n) is 35.7. The third-order valence-electron chi connectivity index (χ3n) is 21.4. The number of anilines is 2. The van der Waals surface area contributed by atoms with Crippen molar-refractivity contribution in [3.05, 3.63) is 359 Å². The number of nitro benzene ring substituents is 2. The smallest absolute Gasteiger partial charge is 0.338 e. The standard InChI is InChI=1S/C44H26N6O8.C44H28N6O4/c51-43-45(25-17-19-41-29(21-25)27-9-1-7-15-39(27)57-41)31-11-3-5-13-33(31)47(43)35-23-36(38(50(55)56)24-37(35)49(53)54)48-34-14-6-4-12-32(34)46(44(48)52)26-18-20-42-30(22-26)28-10-2-8-16-40(28)58-42;45-31-23-32(46)38(50-36-14-6-4-12-34(36)48(44(50)52)26-18-20-42-30(22-26)28-10-2-8-16-40(28)54-42)24-37(31)49-35-13-5-3-11-33(35)47(43(49)51)25-17-19-41-29(21-25)27-9-1-7-15-39(27)53-41/h1-24,27,39H;1-24H,45-46H2. The molecule has 0 saturated carbocycles. The van der Waals surface area contributed by atoms with Crippen LogP contribution in [0.4, 0.5) is 22.7 Å². The lowest BCUT2D eigenvalue weighted by Crippen LogP contribution is -2.25. The summed E-state index contributed by atoms with van der Waals surface area (Å²) in [4.78, 5) is 83.0. The van der Waals surface area contributed by atoms with Gasteiger partial charge in [-0.15, -0.1) is 0 Å². The summed E-state index contributed by atoms with van der Waals surface area (Å²) in [5.74, 6) is 0.619. The Morgan fingerprint density at radius 1 is 0.304 bits per heavy atom. The van der Waals surface area contributed by atoms with Crippen molar-refractivity contribution in [3.63, 3.8) is 0 Å². The zero-order valence-corrected chi connectivity index (χ0v) is 58.4. The van der Waals surface area contributed by atoms with Gasteiger partial charge in [-0.3, -0.25) is 56.8 Å². The van der Waals surface area contributed by atoms with Gasteiger partial charge in [-0.2, -0.15) is 0 Å². The van der Waals surface area contributed by atoms with Gasteiger partial charge in [-0.05, 0) is 158 Å². The number of furan rings is 3. The Morgan fingerprint density at radius 2 is 0.607 bits per heavy atom. The summed E-state index contributed by atoms with van der Waals surface area (Å²) < 4.78 is 36.0. The Morgan fingerprint density at radius 3 is 0.982 bits per heavy atom. The average Bonchev–Trinajstić information content (AvgIpc) is 1.57. The number of nitrogens with two attached hydrogens (primary N) is 2. The molecule has 0 radical (unpaired) electrons. The average molecular weight is 1470 g/mol. The van der Waals surface area contributed by atoms with Gasteiger partial charge in [0.25, 0.3) is 11.4 Å². The normalized spacial score (nSPS) is 13.9. The highest BCUT2D eigenvalue weighted by Gasteiger charge is 2.35.